The van der Waals surface area contributed by atoms with E-state index in [4.69, 9.17) is 0 Å². The van der Waals surface area contributed by atoms with Crippen molar-refractivity contribution in [2.45, 2.75) is 31.6 Å². The van der Waals surface area contributed by atoms with Crippen molar-refractivity contribution in [3.63, 3.8) is 0 Å². The fourth-order valence-electron chi connectivity index (χ4n) is 2.39. The van der Waals surface area contributed by atoms with E-state index in [1.807, 2.05) is 24.3 Å². The Morgan fingerprint density at radius 2 is 1.96 bits per heavy atom. The fourth-order valence-corrected chi connectivity index (χ4v) is 2.39. The summed E-state index contributed by atoms with van der Waals surface area (Å²) in [6.07, 6.45) is -3.17. The lowest BCUT2D eigenvalue weighted by Gasteiger charge is -2.18. The molecule has 0 saturated carbocycles. The van der Waals surface area contributed by atoms with Crippen LogP contribution in [0.25, 0.3) is 0 Å². The first-order chi connectivity index (χ1) is 10.8. The van der Waals surface area contributed by atoms with Crippen LogP contribution in [0.5, 0.6) is 0 Å². The van der Waals surface area contributed by atoms with Crippen molar-refractivity contribution < 1.29 is 27.2 Å². The van der Waals surface area contributed by atoms with Crippen LogP contribution >= 0.6 is 0 Å². The molecule has 1 aliphatic rings. The highest BCUT2D eigenvalue weighted by molar-refractivity contribution is 5.95. The second-order valence-corrected chi connectivity index (χ2v) is 5.21. The summed E-state index contributed by atoms with van der Waals surface area (Å²) in [7, 11) is 0. The zero-order valence-corrected chi connectivity index (χ0v) is 12.2. The lowest BCUT2D eigenvalue weighted by molar-refractivity contribution is -0.169. The second kappa shape index (κ2) is 6.97. The van der Waals surface area contributed by atoms with Gasteiger partial charge in [-0.1, -0.05) is 18.2 Å². The third kappa shape index (κ3) is 3.80. The molecule has 23 heavy (non-hydrogen) atoms. The number of anilines is 1. The van der Waals surface area contributed by atoms with Gasteiger partial charge < -0.3 is 10.2 Å². The molecule has 0 bridgehead atoms. The number of halogens is 4. The number of alkyl halides is 4. The van der Waals surface area contributed by atoms with Crippen LogP contribution in [-0.2, 0) is 16.0 Å². The van der Waals surface area contributed by atoms with Crippen LogP contribution in [0.3, 0.4) is 0 Å². The number of para-hydroxylation sites is 1. The van der Waals surface area contributed by atoms with Crippen LogP contribution in [0.15, 0.2) is 24.3 Å². The van der Waals surface area contributed by atoms with Gasteiger partial charge in [-0.25, -0.2) is 8.78 Å². The molecule has 0 aromatic heterocycles. The van der Waals surface area contributed by atoms with E-state index in [1.54, 1.807) is 10.2 Å². The van der Waals surface area contributed by atoms with Crippen molar-refractivity contribution in [2.24, 2.45) is 0 Å². The van der Waals surface area contributed by atoms with E-state index in [2.05, 4.69) is 0 Å². The van der Waals surface area contributed by atoms with Gasteiger partial charge in [0, 0.05) is 25.2 Å². The summed E-state index contributed by atoms with van der Waals surface area (Å²) in [5, 5.41) is 1.73. The SMILES string of the molecule is O=C(CCCNC(=O)C(F)(F)C(F)F)N1CCc2ccccc21. The zero-order chi connectivity index (χ0) is 17.0. The third-order valence-electron chi connectivity index (χ3n) is 3.62. The number of hydrogen-bond donors (Lipinski definition) is 1. The van der Waals surface area contributed by atoms with Gasteiger partial charge in [-0.15, -0.1) is 0 Å². The Morgan fingerprint density at radius 1 is 1.26 bits per heavy atom. The number of nitrogens with zero attached hydrogens (tertiary/aromatic N) is 1. The number of amides is 2. The fraction of sp³-hybridized carbons (Fsp3) is 0.467. The van der Waals surface area contributed by atoms with Crippen LogP contribution in [0.1, 0.15) is 18.4 Å². The summed E-state index contributed by atoms with van der Waals surface area (Å²) in [5.74, 6) is -6.92. The third-order valence-corrected chi connectivity index (χ3v) is 3.62. The number of benzene rings is 1. The Bertz CT molecular complexity index is 593. The highest BCUT2D eigenvalue weighted by Crippen LogP contribution is 2.28. The summed E-state index contributed by atoms with van der Waals surface area (Å²) >= 11 is 0. The maximum Gasteiger partial charge on any atom is 0.383 e. The molecule has 0 aliphatic carbocycles. The van der Waals surface area contributed by atoms with Crippen molar-refractivity contribution in [1.29, 1.82) is 0 Å². The number of hydrogen-bond acceptors (Lipinski definition) is 2. The summed E-state index contributed by atoms with van der Waals surface area (Å²) in [6, 6.07) is 7.45. The van der Waals surface area contributed by atoms with E-state index in [0.29, 0.717) is 6.54 Å². The minimum absolute atomic E-state index is 0.0366. The van der Waals surface area contributed by atoms with E-state index in [-0.39, 0.29) is 25.3 Å². The maximum atomic E-state index is 12.7. The topological polar surface area (TPSA) is 49.4 Å². The summed E-state index contributed by atoms with van der Waals surface area (Å²) < 4.78 is 49.3. The molecule has 0 radical (unpaired) electrons. The van der Waals surface area contributed by atoms with Gasteiger partial charge in [0.15, 0.2) is 0 Å². The molecule has 2 amide bonds. The summed E-state index contributed by atoms with van der Waals surface area (Å²) in [4.78, 5) is 24.6. The van der Waals surface area contributed by atoms with Gasteiger partial charge in [0.25, 0.3) is 5.91 Å². The molecule has 8 heteroatoms. The molecule has 1 heterocycles. The van der Waals surface area contributed by atoms with Crippen molar-refractivity contribution in [3.05, 3.63) is 29.8 Å². The Balaban J connectivity index is 1.77. The summed E-state index contributed by atoms with van der Waals surface area (Å²) in [5.41, 5.74) is 1.89. The first kappa shape index (κ1) is 17.2. The Morgan fingerprint density at radius 3 is 2.65 bits per heavy atom. The molecule has 4 nitrogen and oxygen atoms in total. The molecule has 0 unspecified atom stereocenters. The van der Waals surface area contributed by atoms with Gasteiger partial charge in [0.05, 0.1) is 0 Å². The van der Waals surface area contributed by atoms with Gasteiger partial charge in [0.1, 0.15) is 0 Å². The maximum absolute atomic E-state index is 12.7. The summed E-state index contributed by atoms with van der Waals surface area (Å²) in [6.45, 7) is 0.288. The molecule has 0 spiro atoms. The number of fused-ring (bicyclic) bond motifs is 1. The van der Waals surface area contributed by atoms with Crippen LogP contribution in [0.2, 0.25) is 0 Å². The second-order valence-electron chi connectivity index (χ2n) is 5.21. The lowest BCUT2D eigenvalue weighted by atomic mass is 10.2. The van der Waals surface area contributed by atoms with Crippen molar-refractivity contribution in [1.82, 2.24) is 5.32 Å². The molecule has 0 fully saturated rings. The Kier molecular flexibility index (Phi) is 5.23. The molecule has 1 aromatic carbocycles. The van der Waals surface area contributed by atoms with Gasteiger partial charge >= 0.3 is 12.3 Å². The van der Waals surface area contributed by atoms with Gasteiger partial charge in [-0.2, -0.15) is 8.78 Å². The van der Waals surface area contributed by atoms with E-state index in [9.17, 15) is 27.2 Å². The number of nitrogens with one attached hydrogen (secondary N) is 1. The number of rotatable bonds is 6. The lowest BCUT2D eigenvalue weighted by Crippen LogP contribution is -2.45. The first-order valence-corrected chi connectivity index (χ1v) is 7.16. The minimum atomic E-state index is -4.71. The Hall–Kier alpha value is -2.12. The standard InChI is InChI=1S/C15H16F4N2O2/c16-13(17)15(18,19)14(23)20-8-3-6-12(22)21-9-7-10-4-1-2-5-11(10)21/h1-2,4-5,13H,3,6-9H2,(H,20,23). The normalized spacial score (nSPS) is 14.0. The monoisotopic (exact) mass is 332 g/mol. The smallest absolute Gasteiger partial charge is 0.351 e. The van der Waals surface area contributed by atoms with Crippen LogP contribution in [0.4, 0.5) is 23.2 Å². The molecule has 2 rings (SSSR count). The predicted octanol–water partition coefficient (Wildman–Crippen LogP) is 2.37. The van der Waals surface area contributed by atoms with Crippen LogP contribution in [0, 0.1) is 0 Å². The largest absolute Gasteiger partial charge is 0.383 e. The highest BCUT2D eigenvalue weighted by Gasteiger charge is 2.48. The average Bonchev–Trinajstić information content (AvgIpc) is 2.94. The predicted molar refractivity (Wildman–Crippen MR) is 75.7 cm³/mol. The van der Waals surface area contributed by atoms with Gasteiger partial charge in [-0.05, 0) is 24.5 Å². The molecule has 1 N–H and O–H groups in total. The molecule has 0 saturated heterocycles. The molecular formula is C15H16F4N2O2. The van der Waals surface area contributed by atoms with Crippen molar-refractivity contribution >= 4 is 17.5 Å². The molecule has 1 aromatic rings. The van der Waals surface area contributed by atoms with Gasteiger partial charge in [0.2, 0.25) is 5.91 Å². The molecular weight excluding hydrogens is 316 g/mol. The quantitative estimate of drug-likeness (QED) is 0.642. The average molecular weight is 332 g/mol. The van der Waals surface area contributed by atoms with E-state index >= 15 is 0 Å². The number of carbonyl (C=O) groups excluding carboxylic acids is 2. The first-order valence-electron chi connectivity index (χ1n) is 7.16. The molecule has 0 atom stereocenters. The van der Waals surface area contributed by atoms with Crippen LogP contribution in [-0.4, -0.2) is 37.3 Å². The minimum Gasteiger partial charge on any atom is -0.351 e. The molecule has 126 valence electrons. The van der Waals surface area contributed by atoms with E-state index < -0.39 is 18.3 Å². The van der Waals surface area contributed by atoms with Crippen LogP contribution < -0.4 is 10.2 Å². The van der Waals surface area contributed by atoms with E-state index in [0.717, 1.165) is 17.7 Å². The van der Waals surface area contributed by atoms with E-state index in [1.165, 1.54) is 0 Å². The Labute approximate surface area is 130 Å². The number of carbonyl (C=O) groups is 2. The van der Waals surface area contributed by atoms with Crippen molar-refractivity contribution in [2.75, 3.05) is 18.0 Å². The zero-order valence-electron chi connectivity index (χ0n) is 12.2. The van der Waals surface area contributed by atoms with Crippen molar-refractivity contribution in [3.8, 4) is 0 Å². The van der Waals surface area contributed by atoms with Gasteiger partial charge in [-0.3, -0.25) is 9.59 Å². The highest BCUT2D eigenvalue weighted by atomic mass is 19.3. The molecule has 1 aliphatic heterocycles.